The number of carbonyl (C=O) groups excluding carboxylic acids is 2. The average molecular weight is 335 g/mol. The SMILES string of the molecule is CSc1nc2ccc(NC3=CC(=O)N(CCO)C3=O)cc2s1. The summed E-state index contributed by atoms with van der Waals surface area (Å²) in [7, 11) is 0. The van der Waals surface area contributed by atoms with Crippen LogP contribution < -0.4 is 5.32 Å². The van der Waals surface area contributed by atoms with Gasteiger partial charge in [0.2, 0.25) is 0 Å². The summed E-state index contributed by atoms with van der Waals surface area (Å²) >= 11 is 3.16. The molecule has 1 aliphatic rings. The fourth-order valence-electron chi connectivity index (χ4n) is 2.13. The smallest absolute Gasteiger partial charge is 0.277 e. The zero-order valence-electron chi connectivity index (χ0n) is 11.7. The number of aromatic nitrogens is 1. The van der Waals surface area contributed by atoms with Crippen LogP contribution in [0.3, 0.4) is 0 Å². The van der Waals surface area contributed by atoms with Gasteiger partial charge in [0.1, 0.15) is 5.70 Å². The molecule has 2 heterocycles. The number of aliphatic hydroxyl groups excluding tert-OH is 1. The van der Waals surface area contributed by atoms with Gasteiger partial charge in [-0.2, -0.15) is 0 Å². The van der Waals surface area contributed by atoms with Crippen LogP contribution >= 0.6 is 23.1 Å². The van der Waals surface area contributed by atoms with Crippen LogP contribution in [0.1, 0.15) is 0 Å². The summed E-state index contributed by atoms with van der Waals surface area (Å²) in [5.41, 5.74) is 1.85. The van der Waals surface area contributed by atoms with Crippen molar-refractivity contribution in [2.24, 2.45) is 0 Å². The number of aliphatic hydroxyl groups is 1. The van der Waals surface area contributed by atoms with E-state index in [9.17, 15) is 9.59 Å². The Balaban J connectivity index is 1.82. The van der Waals surface area contributed by atoms with Gasteiger partial charge in [0.05, 0.1) is 23.4 Å². The first kappa shape index (κ1) is 15.0. The van der Waals surface area contributed by atoms with E-state index in [0.29, 0.717) is 0 Å². The van der Waals surface area contributed by atoms with Gasteiger partial charge in [0, 0.05) is 11.8 Å². The van der Waals surface area contributed by atoms with E-state index < -0.39 is 11.8 Å². The Morgan fingerprint density at radius 2 is 2.23 bits per heavy atom. The van der Waals surface area contributed by atoms with E-state index in [0.717, 1.165) is 25.1 Å². The third-order valence-corrected chi connectivity index (χ3v) is 5.16. The Morgan fingerprint density at radius 1 is 1.41 bits per heavy atom. The molecular formula is C14H13N3O3S2. The Bertz CT molecular complexity index is 785. The first-order valence-electron chi connectivity index (χ1n) is 6.52. The molecular weight excluding hydrogens is 322 g/mol. The molecule has 1 aromatic heterocycles. The highest BCUT2D eigenvalue weighted by Gasteiger charge is 2.30. The fourth-order valence-corrected chi connectivity index (χ4v) is 3.66. The Kier molecular flexibility index (Phi) is 4.14. The van der Waals surface area contributed by atoms with E-state index >= 15 is 0 Å². The Labute approximate surface area is 134 Å². The number of hydrogen-bond acceptors (Lipinski definition) is 7. The lowest BCUT2D eigenvalue weighted by Gasteiger charge is -2.13. The van der Waals surface area contributed by atoms with Crippen molar-refractivity contribution in [3.05, 3.63) is 30.0 Å². The summed E-state index contributed by atoms with van der Waals surface area (Å²) in [5.74, 6) is -0.835. The van der Waals surface area contributed by atoms with Crippen LogP contribution in [0, 0.1) is 0 Å². The molecule has 2 aromatic rings. The second-order valence-corrected chi connectivity index (χ2v) is 6.65. The number of amides is 2. The summed E-state index contributed by atoms with van der Waals surface area (Å²) in [6.07, 6.45) is 3.22. The van der Waals surface area contributed by atoms with Crippen LogP contribution in [0.4, 0.5) is 5.69 Å². The highest BCUT2D eigenvalue weighted by Crippen LogP contribution is 2.30. The number of thioether (sulfide) groups is 1. The van der Waals surface area contributed by atoms with Gasteiger partial charge in [0.25, 0.3) is 11.8 Å². The highest BCUT2D eigenvalue weighted by atomic mass is 32.2. The van der Waals surface area contributed by atoms with Crippen molar-refractivity contribution in [3.63, 3.8) is 0 Å². The molecule has 0 radical (unpaired) electrons. The maximum atomic E-state index is 12.1. The minimum Gasteiger partial charge on any atom is -0.395 e. The molecule has 0 saturated heterocycles. The number of imide groups is 1. The molecule has 0 aliphatic carbocycles. The molecule has 0 atom stereocenters. The fraction of sp³-hybridized carbons (Fsp3) is 0.214. The van der Waals surface area contributed by atoms with E-state index in [1.165, 1.54) is 6.08 Å². The van der Waals surface area contributed by atoms with Crippen molar-refractivity contribution in [1.82, 2.24) is 9.88 Å². The molecule has 6 nitrogen and oxygen atoms in total. The molecule has 0 saturated carbocycles. The summed E-state index contributed by atoms with van der Waals surface area (Å²) in [6, 6.07) is 5.60. The predicted molar refractivity (Wildman–Crippen MR) is 86.9 cm³/mol. The van der Waals surface area contributed by atoms with Crippen LogP contribution in [0.5, 0.6) is 0 Å². The number of rotatable bonds is 5. The van der Waals surface area contributed by atoms with Crippen LogP contribution in [0.15, 0.2) is 34.3 Å². The monoisotopic (exact) mass is 335 g/mol. The van der Waals surface area contributed by atoms with Crippen LogP contribution in [0.2, 0.25) is 0 Å². The number of β-amino-alcohol motifs (C(OH)–C–C–N with tert-alkyl or cyclic N) is 1. The summed E-state index contributed by atoms with van der Waals surface area (Å²) in [5, 5.41) is 11.9. The van der Waals surface area contributed by atoms with Gasteiger partial charge < -0.3 is 10.4 Å². The number of hydrogen-bond donors (Lipinski definition) is 2. The van der Waals surface area contributed by atoms with Crippen molar-refractivity contribution < 1.29 is 14.7 Å². The molecule has 114 valence electrons. The quantitative estimate of drug-likeness (QED) is 0.639. The number of carbonyl (C=O) groups is 2. The first-order chi connectivity index (χ1) is 10.6. The van der Waals surface area contributed by atoms with Crippen LogP contribution in [-0.4, -0.2) is 46.2 Å². The van der Waals surface area contributed by atoms with Crippen molar-refractivity contribution in [2.75, 3.05) is 24.7 Å². The molecule has 1 aliphatic heterocycles. The zero-order valence-corrected chi connectivity index (χ0v) is 13.3. The van der Waals surface area contributed by atoms with E-state index in [-0.39, 0.29) is 18.8 Å². The molecule has 3 rings (SSSR count). The number of thiazole rings is 1. The van der Waals surface area contributed by atoms with Crippen LogP contribution in [-0.2, 0) is 9.59 Å². The molecule has 2 amide bonds. The second-order valence-electron chi connectivity index (χ2n) is 4.57. The van der Waals surface area contributed by atoms with Crippen molar-refractivity contribution in [1.29, 1.82) is 0 Å². The number of benzene rings is 1. The Morgan fingerprint density at radius 3 is 2.95 bits per heavy atom. The van der Waals surface area contributed by atoms with E-state index in [1.807, 2.05) is 24.5 Å². The summed E-state index contributed by atoms with van der Waals surface area (Å²) in [6.45, 7) is -0.243. The number of anilines is 1. The number of fused-ring (bicyclic) bond motifs is 1. The zero-order chi connectivity index (χ0) is 15.7. The van der Waals surface area contributed by atoms with E-state index in [4.69, 9.17) is 5.11 Å². The van der Waals surface area contributed by atoms with Crippen molar-refractivity contribution in [2.45, 2.75) is 4.34 Å². The number of nitrogens with zero attached hydrogens (tertiary/aromatic N) is 2. The number of nitrogens with one attached hydrogen (secondary N) is 1. The molecule has 0 unspecified atom stereocenters. The molecule has 1 aromatic carbocycles. The normalized spacial score (nSPS) is 14.8. The first-order valence-corrected chi connectivity index (χ1v) is 8.56. The van der Waals surface area contributed by atoms with Gasteiger partial charge in [-0.15, -0.1) is 11.3 Å². The van der Waals surface area contributed by atoms with Gasteiger partial charge in [-0.1, -0.05) is 11.8 Å². The van der Waals surface area contributed by atoms with Gasteiger partial charge in [-0.25, -0.2) is 4.98 Å². The van der Waals surface area contributed by atoms with Crippen molar-refractivity contribution >= 4 is 50.8 Å². The lowest BCUT2D eigenvalue weighted by atomic mass is 10.3. The third-order valence-electron chi connectivity index (χ3n) is 3.16. The molecule has 22 heavy (non-hydrogen) atoms. The van der Waals surface area contributed by atoms with Crippen molar-refractivity contribution in [3.8, 4) is 0 Å². The van der Waals surface area contributed by atoms with Gasteiger partial charge in [0.15, 0.2) is 4.34 Å². The van der Waals surface area contributed by atoms with Gasteiger partial charge >= 0.3 is 0 Å². The molecule has 0 fully saturated rings. The van der Waals surface area contributed by atoms with E-state index in [1.54, 1.807) is 23.1 Å². The maximum absolute atomic E-state index is 12.1. The minimum atomic E-state index is -0.423. The molecule has 0 spiro atoms. The van der Waals surface area contributed by atoms with Gasteiger partial charge in [-0.05, 0) is 24.5 Å². The van der Waals surface area contributed by atoms with Crippen LogP contribution in [0.25, 0.3) is 10.2 Å². The highest BCUT2D eigenvalue weighted by molar-refractivity contribution is 8.00. The molecule has 8 heteroatoms. The maximum Gasteiger partial charge on any atom is 0.277 e. The summed E-state index contributed by atoms with van der Waals surface area (Å²) in [4.78, 5) is 29.2. The lowest BCUT2D eigenvalue weighted by Crippen LogP contribution is -2.34. The lowest BCUT2D eigenvalue weighted by molar-refractivity contribution is -0.137. The largest absolute Gasteiger partial charge is 0.395 e. The minimum absolute atomic E-state index is 0.00428. The van der Waals surface area contributed by atoms with Gasteiger partial charge in [-0.3, -0.25) is 14.5 Å². The second kappa shape index (κ2) is 6.07. The third kappa shape index (κ3) is 2.72. The molecule has 2 N–H and O–H groups in total. The molecule has 0 bridgehead atoms. The predicted octanol–water partition coefficient (Wildman–Crippen LogP) is 1.68. The Hall–Kier alpha value is -1.90. The van der Waals surface area contributed by atoms with E-state index in [2.05, 4.69) is 10.3 Å². The topological polar surface area (TPSA) is 82.5 Å². The average Bonchev–Trinajstić information content (AvgIpc) is 3.03. The summed E-state index contributed by atoms with van der Waals surface area (Å²) < 4.78 is 1.99. The standard InChI is InChI=1S/C14H13N3O3S2/c1-21-14-16-9-3-2-8(6-11(9)22-14)15-10-7-12(19)17(4-5-18)13(10)20/h2-3,6-7,15,18H,4-5H2,1H3.